The largest absolute Gasteiger partial charge is 0.322 e. The maximum Gasteiger partial charge on any atom is 0.257 e. The van der Waals surface area contributed by atoms with Gasteiger partial charge in [-0.2, -0.15) is 0 Å². The molecule has 0 unspecified atom stereocenters. The molecule has 0 atom stereocenters. The summed E-state index contributed by atoms with van der Waals surface area (Å²) in [7, 11) is 0. The summed E-state index contributed by atoms with van der Waals surface area (Å²) in [5, 5.41) is 5.56. The van der Waals surface area contributed by atoms with E-state index in [1.54, 1.807) is 48.7 Å². The second-order valence-electron chi connectivity index (χ2n) is 5.51. The van der Waals surface area contributed by atoms with Gasteiger partial charge in [-0.3, -0.25) is 14.6 Å². The van der Waals surface area contributed by atoms with Crippen molar-refractivity contribution in [3.8, 4) is 0 Å². The first kappa shape index (κ1) is 17.1. The van der Waals surface area contributed by atoms with E-state index in [0.29, 0.717) is 16.9 Å². The summed E-state index contributed by atoms with van der Waals surface area (Å²) in [5.41, 5.74) is 2.59. The fraction of sp³-hybridized carbons (Fsp3) is 0. The number of carbonyl (C=O) groups is 2. The molecule has 0 saturated carbocycles. The number of pyridine rings is 1. The molecule has 26 heavy (non-hydrogen) atoms. The van der Waals surface area contributed by atoms with E-state index in [2.05, 4.69) is 15.6 Å². The molecule has 0 spiro atoms. The van der Waals surface area contributed by atoms with E-state index in [1.807, 2.05) is 30.3 Å². The zero-order valence-corrected chi connectivity index (χ0v) is 13.9. The Kier molecular flexibility index (Phi) is 5.52. The quantitative estimate of drug-likeness (QED) is 0.688. The normalized spacial score (nSPS) is 10.5. The minimum Gasteiger partial charge on any atom is -0.322 e. The third-order valence-electron chi connectivity index (χ3n) is 3.54. The van der Waals surface area contributed by atoms with E-state index in [0.717, 1.165) is 5.56 Å². The van der Waals surface area contributed by atoms with Crippen LogP contribution < -0.4 is 10.6 Å². The van der Waals surface area contributed by atoms with Crippen LogP contribution in [0.15, 0.2) is 85.2 Å². The third kappa shape index (κ3) is 4.88. The molecule has 128 valence electrons. The molecular formula is C21H17N3O2. The highest BCUT2D eigenvalue weighted by Gasteiger charge is 2.06. The summed E-state index contributed by atoms with van der Waals surface area (Å²) in [6, 6.07) is 19.9. The van der Waals surface area contributed by atoms with Crippen molar-refractivity contribution in [1.82, 2.24) is 4.98 Å². The second kappa shape index (κ2) is 8.39. The Hall–Kier alpha value is -3.73. The van der Waals surface area contributed by atoms with Crippen molar-refractivity contribution >= 4 is 29.3 Å². The van der Waals surface area contributed by atoms with Crippen LogP contribution in [0, 0.1) is 0 Å². The molecule has 0 fully saturated rings. The lowest BCUT2D eigenvalue weighted by Gasteiger charge is -2.08. The lowest BCUT2D eigenvalue weighted by atomic mass is 10.2. The standard InChI is InChI=1S/C21H17N3O2/c25-20(12-11-16-6-2-1-3-7-16)23-18-9-4-10-19(14-18)24-21(26)17-8-5-13-22-15-17/h1-15H,(H,23,25)(H,24,26)/b12-11+. The highest BCUT2D eigenvalue weighted by atomic mass is 16.2. The molecule has 0 aliphatic rings. The Labute approximate surface area is 151 Å². The molecular weight excluding hydrogens is 326 g/mol. The SMILES string of the molecule is O=C(/C=C/c1ccccc1)Nc1cccc(NC(=O)c2cccnc2)c1. The minimum absolute atomic E-state index is 0.246. The number of hydrogen-bond donors (Lipinski definition) is 2. The Morgan fingerprint density at radius 1 is 0.846 bits per heavy atom. The lowest BCUT2D eigenvalue weighted by molar-refractivity contribution is -0.111. The number of hydrogen-bond acceptors (Lipinski definition) is 3. The molecule has 1 aromatic heterocycles. The van der Waals surface area contributed by atoms with Gasteiger partial charge in [-0.1, -0.05) is 36.4 Å². The molecule has 2 N–H and O–H groups in total. The predicted molar refractivity (Wildman–Crippen MR) is 103 cm³/mol. The van der Waals surface area contributed by atoms with E-state index >= 15 is 0 Å². The number of rotatable bonds is 5. The van der Waals surface area contributed by atoms with Gasteiger partial charge >= 0.3 is 0 Å². The van der Waals surface area contributed by atoms with Gasteiger partial charge in [0.2, 0.25) is 5.91 Å². The van der Waals surface area contributed by atoms with Crippen molar-refractivity contribution in [3.63, 3.8) is 0 Å². The van der Waals surface area contributed by atoms with Crippen molar-refractivity contribution in [3.05, 3.63) is 96.3 Å². The predicted octanol–water partition coefficient (Wildman–Crippen LogP) is 3.99. The molecule has 0 aliphatic heterocycles. The average molecular weight is 343 g/mol. The van der Waals surface area contributed by atoms with Gasteiger partial charge < -0.3 is 10.6 Å². The lowest BCUT2D eigenvalue weighted by Crippen LogP contribution is -2.13. The molecule has 0 aliphatic carbocycles. The molecule has 0 saturated heterocycles. The van der Waals surface area contributed by atoms with Crippen LogP contribution in [0.2, 0.25) is 0 Å². The van der Waals surface area contributed by atoms with Gasteiger partial charge in [-0.15, -0.1) is 0 Å². The number of nitrogens with zero attached hydrogens (tertiary/aromatic N) is 1. The van der Waals surface area contributed by atoms with E-state index in [4.69, 9.17) is 0 Å². The molecule has 2 amide bonds. The van der Waals surface area contributed by atoms with Crippen LogP contribution in [0.4, 0.5) is 11.4 Å². The van der Waals surface area contributed by atoms with Gasteiger partial charge in [0.15, 0.2) is 0 Å². The summed E-state index contributed by atoms with van der Waals surface area (Å²) >= 11 is 0. The van der Waals surface area contributed by atoms with Crippen LogP contribution in [0.3, 0.4) is 0 Å². The summed E-state index contributed by atoms with van der Waals surface area (Å²) in [6.45, 7) is 0. The van der Waals surface area contributed by atoms with Crippen LogP contribution in [-0.2, 0) is 4.79 Å². The highest BCUT2D eigenvalue weighted by molar-refractivity contribution is 6.05. The first-order chi connectivity index (χ1) is 12.7. The van der Waals surface area contributed by atoms with Gasteiger partial charge in [0.1, 0.15) is 0 Å². The fourth-order valence-electron chi connectivity index (χ4n) is 2.30. The zero-order valence-electron chi connectivity index (χ0n) is 13.9. The van der Waals surface area contributed by atoms with E-state index in [9.17, 15) is 9.59 Å². The first-order valence-corrected chi connectivity index (χ1v) is 8.06. The Balaban J connectivity index is 1.63. The number of aromatic nitrogens is 1. The first-order valence-electron chi connectivity index (χ1n) is 8.06. The molecule has 5 nitrogen and oxygen atoms in total. The van der Waals surface area contributed by atoms with Gasteiger partial charge in [0.25, 0.3) is 5.91 Å². The molecule has 2 aromatic carbocycles. The van der Waals surface area contributed by atoms with Crippen molar-refractivity contribution in [2.75, 3.05) is 10.6 Å². The van der Waals surface area contributed by atoms with Gasteiger partial charge in [0.05, 0.1) is 5.56 Å². The average Bonchev–Trinajstić information content (AvgIpc) is 2.68. The Morgan fingerprint density at radius 3 is 2.35 bits per heavy atom. The summed E-state index contributed by atoms with van der Waals surface area (Å²) < 4.78 is 0. The van der Waals surface area contributed by atoms with E-state index in [1.165, 1.54) is 12.3 Å². The summed E-state index contributed by atoms with van der Waals surface area (Å²) in [5.74, 6) is -0.505. The van der Waals surface area contributed by atoms with Crippen LogP contribution in [0.1, 0.15) is 15.9 Å². The number of benzene rings is 2. The second-order valence-corrected chi connectivity index (χ2v) is 5.51. The highest BCUT2D eigenvalue weighted by Crippen LogP contribution is 2.16. The number of carbonyl (C=O) groups excluding carboxylic acids is 2. The third-order valence-corrected chi connectivity index (χ3v) is 3.54. The van der Waals surface area contributed by atoms with E-state index in [-0.39, 0.29) is 11.8 Å². The van der Waals surface area contributed by atoms with Gasteiger partial charge in [-0.25, -0.2) is 0 Å². The zero-order chi connectivity index (χ0) is 18.2. The molecule has 0 bridgehead atoms. The van der Waals surface area contributed by atoms with Crippen LogP contribution >= 0.6 is 0 Å². The topological polar surface area (TPSA) is 71.1 Å². The molecule has 0 radical (unpaired) electrons. The van der Waals surface area contributed by atoms with Crippen LogP contribution in [0.25, 0.3) is 6.08 Å². The minimum atomic E-state index is -0.259. The van der Waals surface area contributed by atoms with Gasteiger partial charge in [0, 0.05) is 29.8 Å². The van der Waals surface area contributed by atoms with Crippen molar-refractivity contribution < 1.29 is 9.59 Å². The maximum atomic E-state index is 12.2. The molecule has 1 heterocycles. The maximum absolute atomic E-state index is 12.2. The Morgan fingerprint density at radius 2 is 1.62 bits per heavy atom. The van der Waals surface area contributed by atoms with Crippen molar-refractivity contribution in [2.24, 2.45) is 0 Å². The molecule has 3 rings (SSSR count). The molecule has 5 heteroatoms. The number of anilines is 2. The summed E-state index contributed by atoms with van der Waals surface area (Å²) in [6.07, 6.45) is 6.31. The fourth-order valence-corrected chi connectivity index (χ4v) is 2.30. The number of nitrogens with one attached hydrogen (secondary N) is 2. The monoisotopic (exact) mass is 343 g/mol. The summed E-state index contributed by atoms with van der Waals surface area (Å²) in [4.78, 5) is 28.1. The molecule has 3 aromatic rings. The Bertz CT molecular complexity index is 922. The van der Waals surface area contributed by atoms with Gasteiger partial charge in [-0.05, 0) is 42.0 Å². The van der Waals surface area contributed by atoms with Crippen molar-refractivity contribution in [1.29, 1.82) is 0 Å². The van der Waals surface area contributed by atoms with Crippen LogP contribution in [0.5, 0.6) is 0 Å². The van der Waals surface area contributed by atoms with Crippen LogP contribution in [-0.4, -0.2) is 16.8 Å². The van der Waals surface area contributed by atoms with Crippen molar-refractivity contribution in [2.45, 2.75) is 0 Å². The smallest absolute Gasteiger partial charge is 0.257 e. The van der Waals surface area contributed by atoms with E-state index < -0.39 is 0 Å². The number of amides is 2.